The van der Waals surface area contributed by atoms with Gasteiger partial charge in [0.25, 0.3) is 0 Å². The van der Waals surface area contributed by atoms with Crippen molar-refractivity contribution >= 4 is 17.6 Å². The van der Waals surface area contributed by atoms with Gasteiger partial charge in [0, 0.05) is 0 Å². The van der Waals surface area contributed by atoms with Gasteiger partial charge in [-0.05, 0) is 20.8 Å². The Labute approximate surface area is 71.3 Å². The topological polar surface area (TPSA) is 46.5 Å². The number of hydrogen-bond acceptors (Lipinski definition) is 2. The van der Waals surface area contributed by atoms with Crippen LogP contribution in [0.15, 0.2) is 0 Å². The number of halogens is 1. The number of rotatable bonds is 3. The Hall–Kier alpha value is -0.280. The van der Waals surface area contributed by atoms with Crippen LogP contribution in [0.4, 0.5) is 0 Å². The standard InChI is InChI=1S/C7H13ClO3/c1-7(2,3)11-4-5(8)6(9)10/h5H,4H2,1-3H3,(H,9,10). The van der Waals surface area contributed by atoms with E-state index in [-0.39, 0.29) is 12.2 Å². The Kier molecular flexibility index (Phi) is 3.83. The monoisotopic (exact) mass is 180 g/mol. The zero-order chi connectivity index (χ0) is 9.07. The highest BCUT2D eigenvalue weighted by Crippen LogP contribution is 2.09. The van der Waals surface area contributed by atoms with Crippen LogP contribution in [0, 0.1) is 0 Å². The lowest BCUT2D eigenvalue weighted by atomic mass is 10.2. The molecule has 0 saturated heterocycles. The Balaban J connectivity index is 3.63. The molecule has 0 amide bonds. The summed E-state index contributed by atoms with van der Waals surface area (Å²) in [5, 5.41) is 7.42. The highest BCUT2D eigenvalue weighted by atomic mass is 35.5. The first-order valence-electron chi connectivity index (χ1n) is 3.34. The van der Waals surface area contributed by atoms with Gasteiger partial charge in [0.15, 0.2) is 5.38 Å². The fourth-order valence-corrected chi connectivity index (χ4v) is 0.457. The average molecular weight is 181 g/mol. The molecular weight excluding hydrogens is 168 g/mol. The fourth-order valence-electron chi connectivity index (χ4n) is 0.394. The fraction of sp³-hybridized carbons (Fsp3) is 0.857. The molecule has 0 saturated carbocycles. The van der Waals surface area contributed by atoms with Crippen LogP contribution >= 0.6 is 11.6 Å². The molecule has 0 bridgehead atoms. The largest absolute Gasteiger partial charge is 0.480 e. The molecule has 4 heteroatoms. The van der Waals surface area contributed by atoms with Gasteiger partial charge >= 0.3 is 5.97 Å². The van der Waals surface area contributed by atoms with E-state index in [0.29, 0.717) is 0 Å². The minimum atomic E-state index is -1.05. The summed E-state index contributed by atoms with van der Waals surface area (Å²) in [5.74, 6) is -1.05. The minimum Gasteiger partial charge on any atom is -0.480 e. The molecule has 0 heterocycles. The van der Waals surface area contributed by atoms with E-state index in [4.69, 9.17) is 21.4 Å². The van der Waals surface area contributed by atoms with Gasteiger partial charge in [-0.25, -0.2) is 0 Å². The van der Waals surface area contributed by atoms with Gasteiger partial charge in [-0.3, -0.25) is 4.79 Å². The first-order chi connectivity index (χ1) is 4.83. The lowest BCUT2D eigenvalue weighted by Crippen LogP contribution is -2.27. The minimum absolute atomic E-state index is 0.0421. The summed E-state index contributed by atoms with van der Waals surface area (Å²) in [7, 11) is 0. The maximum absolute atomic E-state index is 10.2. The molecule has 0 fully saturated rings. The van der Waals surface area contributed by atoms with Crippen molar-refractivity contribution in [1.29, 1.82) is 0 Å². The van der Waals surface area contributed by atoms with Crippen LogP contribution in [0.5, 0.6) is 0 Å². The highest BCUT2D eigenvalue weighted by Gasteiger charge is 2.18. The van der Waals surface area contributed by atoms with Crippen LogP contribution in [0.25, 0.3) is 0 Å². The molecule has 1 N–H and O–H groups in total. The van der Waals surface area contributed by atoms with E-state index < -0.39 is 11.3 Å². The van der Waals surface area contributed by atoms with Crippen LogP contribution in [0.1, 0.15) is 20.8 Å². The quantitative estimate of drug-likeness (QED) is 0.670. The lowest BCUT2D eigenvalue weighted by Gasteiger charge is -2.20. The van der Waals surface area contributed by atoms with E-state index in [1.54, 1.807) is 0 Å². The van der Waals surface area contributed by atoms with Crippen molar-refractivity contribution in [3.8, 4) is 0 Å². The van der Waals surface area contributed by atoms with E-state index in [9.17, 15) is 4.79 Å². The molecule has 0 aromatic rings. The summed E-state index contributed by atoms with van der Waals surface area (Å²) in [6, 6.07) is 0. The van der Waals surface area contributed by atoms with Crippen molar-refractivity contribution in [1.82, 2.24) is 0 Å². The lowest BCUT2D eigenvalue weighted by molar-refractivity contribution is -0.138. The second kappa shape index (κ2) is 3.93. The van der Waals surface area contributed by atoms with Gasteiger partial charge in [0.1, 0.15) is 0 Å². The summed E-state index contributed by atoms with van der Waals surface area (Å²) in [5.41, 5.74) is -0.331. The summed E-state index contributed by atoms with van der Waals surface area (Å²) in [6.45, 7) is 5.58. The molecule has 0 spiro atoms. The normalized spacial score (nSPS) is 14.5. The van der Waals surface area contributed by atoms with Gasteiger partial charge in [0.2, 0.25) is 0 Å². The Morgan fingerprint density at radius 1 is 1.64 bits per heavy atom. The van der Waals surface area contributed by atoms with Gasteiger partial charge in [-0.1, -0.05) is 0 Å². The van der Waals surface area contributed by atoms with Crippen LogP contribution in [0.3, 0.4) is 0 Å². The molecule has 11 heavy (non-hydrogen) atoms. The van der Waals surface area contributed by atoms with Crippen LogP contribution in [-0.2, 0) is 9.53 Å². The number of carboxylic acids is 1. The highest BCUT2D eigenvalue weighted by molar-refractivity contribution is 6.29. The Morgan fingerprint density at radius 2 is 2.09 bits per heavy atom. The Bertz CT molecular complexity index is 139. The third kappa shape index (κ3) is 6.13. The zero-order valence-corrected chi connectivity index (χ0v) is 7.68. The van der Waals surface area contributed by atoms with Crippen molar-refractivity contribution in [2.45, 2.75) is 31.7 Å². The van der Waals surface area contributed by atoms with E-state index >= 15 is 0 Å². The number of alkyl halides is 1. The number of aliphatic carboxylic acids is 1. The number of hydrogen-bond donors (Lipinski definition) is 1. The maximum Gasteiger partial charge on any atom is 0.324 e. The predicted molar refractivity (Wildman–Crippen MR) is 43.0 cm³/mol. The molecule has 0 aromatic heterocycles. The molecule has 0 rings (SSSR count). The van der Waals surface area contributed by atoms with Gasteiger partial charge < -0.3 is 9.84 Å². The van der Waals surface area contributed by atoms with Crippen molar-refractivity contribution in [3.63, 3.8) is 0 Å². The van der Waals surface area contributed by atoms with Gasteiger partial charge in [-0.2, -0.15) is 0 Å². The van der Waals surface area contributed by atoms with Gasteiger partial charge in [0.05, 0.1) is 12.2 Å². The van der Waals surface area contributed by atoms with E-state index in [2.05, 4.69) is 0 Å². The molecular formula is C7H13ClO3. The molecule has 66 valence electrons. The van der Waals surface area contributed by atoms with Crippen molar-refractivity contribution in [2.75, 3.05) is 6.61 Å². The summed E-state index contributed by atoms with van der Waals surface area (Å²) in [4.78, 5) is 10.2. The van der Waals surface area contributed by atoms with Gasteiger partial charge in [-0.15, -0.1) is 11.6 Å². The predicted octanol–water partition coefficient (Wildman–Crippen LogP) is 1.49. The first-order valence-corrected chi connectivity index (χ1v) is 3.77. The molecule has 0 aromatic carbocycles. The zero-order valence-electron chi connectivity index (χ0n) is 6.93. The number of ether oxygens (including phenoxy) is 1. The number of carbonyl (C=O) groups is 1. The molecule has 0 aliphatic rings. The van der Waals surface area contributed by atoms with Crippen LogP contribution in [0.2, 0.25) is 0 Å². The average Bonchev–Trinajstić information content (AvgIpc) is 1.80. The molecule has 1 unspecified atom stereocenters. The summed E-state index contributed by atoms with van der Waals surface area (Å²) in [6.07, 6.45) is 0. The van der Waals surface area contributed by atoms with Crippen LogP contribution < -0.4 is 0 Å². The number of carboxylic acid groups (broad SMARTS) is 1. The van der Waals surface area contributed by atoms with E-state index in [1.807, 2.05) is 20.8 Å². The molecule has 0 aliphatic heterocycles. The van der Waals surface area contributed by atoms with Crippen molar-refractivity contribution < 1.29 is 14.6 Å². The Morgan fingerprint density at radius 3 is 2.36 bits per heavy atom. The second-order valence-electron chi connectivity index (χ2n) is 3.23. The van der Waals surface area contributed by atoms with E-state index in [0.717, 1.165) is 0 Å². The van der Waals surface area contributed by atoms with Crippen LogP contribution in [-0.4, -0.2) is 28.7 Å². The molecule has 0 aliphatic carbocycles. The SMILES string of the molecule is CC(C)(C)OCC(Cl)C(=O)O. The second-order valence-corrected chi connectivity index (χ2v) is 3.76. The third-order valence-corrected chi connectivity index (χ3v) is 1.24. The molecule has 1 atom stereocenters. The van der Waals surface area contributed by atoms with E-state index in [1.165, 1.54) is 0 Å². The summed E-state index contributed by atoms with van der Waals surface area (Å²) < 4.78 is 5.14. The van der Waals surface area contributed by atoms with Crippen molar-refractivity contribution in [3.05, 3.63) is 0 Å². The maximum atomic E-state index is 10.2. The van der Waals surface area contributed by atoms with Crippen molar-refractivity contribution in [2.24, 2.45) is 0 Å². The summed E-state index contributed by atoms with van der Waals surface area (Å²) >= 11 is 5.40. The molecule has 3 nitrogen and oxygen atoms in total. The molecule has 0 radical (unpaired) electrons. The smallest absolute Gasteiger partial charge is 0.324 e. The first kappa shape index (κ1) is 10.7. The third-order valence-electron chi connectivity index (χ3n) is 0.931.